The minimum Gasteiger partial charge on any atom is -0.321 e. The predicted octanol–water partition coefficient (Wildman–Crippen LogP) is 1.44. The smallest absolute Gasteiger partial charge is 0.321 e. The van der Waals surface area contributed by atoms with Crippen molar-refractivity contribution in [2.45, 2.75) is 26.1 Å². The molecule has 1 aromatic heterocycles. The van der Waals surface area contributed by atoms with Gasteiger partial charge in [0.15, 0.2) is 5.69 Å². The number of hydrogen-bond acceptors (Lipinski definition) is 3. The first-order valence-electron chi connectivity index (χ1n) is 4.66. The van der Waals surface area contributed by atoms with Crippen LogP contribution in [0.15, 0.2) is 10.9 Å². The molecule has 0 spiro atoms. The van der Waals surface area contributed by atoms with Gasteiger partial charge in [-0.15, -0.1) is 0 Å². The molecule has 1 heterocycles. The molecule has 0 radical (unpaired) electrons. The third-order valence-electron chi connectivity index (χ3n) is 2.08. The molecule has 0 aliphatic rings. The Labute approximate surface area is 89.7 Å². The van der Waals surface area contributed by atoms with E-state index in [0.717, 1.165) is 0 Å². The molecule has 0 aromatic carbocycles. The van der Waals surface area contributed by atoms with Crippen molar-refractivity contribution < 1.29 is 13.2 Å². The molecule has 0 amide bonds. The van der Waals surface area contributed by atoms with Crippen LogP contribution in [0.25, 0.3) is 0 Å². The van der Waals surface area contributed by atoms with Crippen molar-refractivity contribution >= 4 is 0 Å². The summed E-state index contributed by atoms with van der Waals surface area (Å²) in [5.74, 6) is -0.263. The number of nitrogens with one attached hydrogen (secondary N) is 1. The lowest BCUT2D eigenvalue weighted by Crippen LogP contribution is -2.26. The summed E-state index contributed by atoms with van der Waals surface area (Å²) in [5.41, 5.74) is 3.55. The monoisotopic (exact) mass is 235 g/mol. The molecule has 0 saturated carbocycles. The number of aromatic amines is 1. The molecule has 0 bridgehead atoms. The van der Waals surface area contributed by atoms with Gasteiger partial charge in [0.1, 0.15) is 5.82 Å². The second-order valence-electron chi connectivity index (χ2n) is 3.78. The molecule has 0 aliphatic heterocycles. The maximum Gasteiger partial charge on any atom is 0.433 e. The maximum atomic E-state index is 12.4. The highest BCUT2D eigenvalue weighted by Crippen LogP contribution is 2.27. The minimum atomic E-state index is -4.64. The van der Waals surface area contributed by atoms with E-state index in [-0.39, 0.29) is 11.7 Å². The number of aromatic nitrogens is 2. The van der Waals surface area contributed by atoms with Gasteiger partial charge in [0, 0.05) is 6.07 Å². The van der Waals surface area contributed by atoms with Gasteiger partial charge in [-0.25, -0.2) is 4.98 Å². The third-order valence-corrected chi connectivity index (χ3v) is 2.08. The van der Waals surface area contributed by atoms with Gasteiger partial charge in [0.05, 0.1) is 6.04 Å². The fourth-order valence-corrected chi connectivity index (χ4v) is 1.10. The lowest BCUT2D eigenvalue weighted by atomic mass is 10.1. The van der Waals surface area contributed by atoms with E-state index < -0.39 is 23.5 Å². The molecule has 7 heteroatoms. The standard InChI is InChI=1S/C9H12F3N3O/c1-4(2)7(13)8-14-5(9(10,11)12)3-6(16)15-8/h3-4,7H,13H2,1-2H3,(H,14,15,16). The predicted molar refractivity (Wildman–Crippen MR) is 51.6 cm³/mol. The number of nitrogens with zero attached hydrogens (tertiary/aromatic N) is 1. The molecule has 4 nitrogen and oxygen atoms in total. The fourth-order valence-electron chi connectivity index (χ4n) is 1.10. The zero-order valence-electron chi connectivity index (χ0n) is 8.80. The van der Waals surface area contributed by atoms with Crippen LogP contribution in [0.4, 0.5) is 13.2 Å². The first-order valence-corrected chi connectivity index (χ1v) is 4.66. The van der Waals surface area contributed by atoms with Crippen molar-refractivity contribution in [3.8, 4) is 0 Å². The van der Waals surface area contributed by atoms with E-state index in [1.807, 2.05) is 0 Å². The van der Waals surface area contributed by atoms with E-state index >= 15 is 0 Å². The Morgan fingerprint density at radius 1 is 1.44 bits per heavy atom. The Morgan fingerprint density at radius 2 is 2.00 bits per heavy atom. The third kappa shape index (κ3) is 2.82. The summed E-state index contributed by atoms with van der Waals surface area (Å²) >= 11 is 0. The van der Waals surface area contributed by atoms with Gasteiger partial charge in [-0.05, 0) is 5.92 Å². The van der Waals surface area contributed by atoms with E-state index in [1.165, 1.54) is 0 Å². The van der Waals surface area contributed by atoms with Gasteiger partial charge >= 0.3 is 6.18 Å². The molecule has 0 aliphatic carbocycles. The van der Waals surface area contributed by atoms with Crippen LogP contribution >= 0.6 is 0 Å². The molecular formula is C9H12F3N3O. The molecule has 1 atom stereocenters. The summed E-state index contributed by atoms with van der Waals surface area (Å²) in [5, 5.41) is 0. The number of alkyl halides is 3. The minimum absolute atomic E-state index is 0.119. The van der Waals surface area contributed by atoms with E-state index in [4.69, 9.17) is 5.73 Å². The summed E-state index contributed by atoms with van der Waals surface area (Å²) in [6, 6.07) is -0.314. The van der Waals surface area contributed by atoms with Crippen LogP contribution in [0.2, 0.25) is 0 Å². The summed E-state index contributed by atoms with van der Waals surface area (Å²) < 4.78 is 37.1. The fraction of sp³-hybridized carbons (Fsp3) is 0.556. The van der Waals surface area contributed by atoms with Gasteiger partial charge in [-0.2, -0.15) is 13.2 Å². The van der Waals surface area contributed by atoms with Crippen LogP contribution in [0.3, 0.4) is 0 Å². The lowest BCUT2D eigenvalue weighted by Gasteiger charge is -2.15. The summed E-state index contributed by atoms with van der Waals surface area (Å²) in [4.78, 5) is 16.6. The number of hydrogen-bond donors (Lipinski definition) is 2. The number of halogens is 3. The Morgan fingerprint density at radius 3 is 2.44 bits per heavy atom. The van der Waals surface area contributed by atoms with Crippen molar-refractivity contribution in [1.82, 2.24) is 9.97 Å². The second-order valence-corrected chi connectivity index (χ2v) is 3.78. The van der Waals surface area contributed by atoms with Crippen LogP contribution in [-0.4, -0.2) is 9.97 Å². The van der Waals surface area contributed by atoms with E-state index in [9.17, 15) is 18.0 Å². The number of rotatable bonds is 2. The van der Waals surface area contributed by atoms with Gasteiger partial charge in [0.25, 0.3) is 5.56 Å². The zero-order chi connectivity index (χ0) is 12.5. The highest BCUT2D eigenvalue weighted by atomic mass is 19.4. The summed E-state index contributed by atoms with van der Waals surface area (Å²) in [7, 11) is 0. The maximum absolute atomic E-state index is 12.4. The van der Waals surface area contributed by atoms with Crippen LogP contribution in [0.5, 0.6) is 0 Å². The number of H-pyrrole nitrogens is 1. The number of nitrogens with two attached hydrogens (primary N) is 1. The molecule has 1 rings (SSSR count). The summed E-state index contributed by atoms with van der Waals surface area (Å²) in [6.07, 6.45) is -4.64. The van der Waals surface area contributed by atoms with Gasteiger partial charge in [-0.3, -0.25) is 4.79 Å². The second kappa shape index (κ2) is 4.25. The topological polar surface area (TPSA) is 71.8 Å². The van der Waals surface area contributed by atoms with Crippen molar-refractivity contribution in [3.63, 3.8) is 0 Å². The Hall–Kier alpha value is -1.37. The van der Waals surface area contributed by atoms with Gasteiger partial charge in [0.2, 0.25) is 0 Å². The SMILES string of the molecule is CC(C)C(N)c1nc(C(F)(F)F)cc(=O)[nH]1. The first kappa shape index (κ1) is 12.7. The van der Waals surface area contributed by atoms with Crippen LogP contribution in [-0.2, 0) is 6.18 Å². The molecule has 0 saturated heterocycles. The van der Waals surface area contributed by atoms with E-state index in [0.29, 0.717) is 6.07 Å². The average Bonchev–Trinajstić information content (AvgIpc) is 2.14. The molecule has 0 fully saturated rings. The molecule has 16 heavy (non-hydrogen) atoms. The molecular weight excluding hydrogens is 223 g/mol. The van der Waals surface area contributed by atoms with Gasteiger partial charge in [-0.1, -0.05) is 13.8 Å². The Bertz CT molecular complexity index is 425. The normalized spacial score (nSPS) is 14.2. The van der Waals surface area contributed by atoms with Crippen LogP contribution < -0.4 is 11.3 Å². The average molecular weight is 235 g/mol. The zero-order valence-corrected chi connectivity index (χ0v) is 8.80. The van der Waals surface area contributed by atoms with E-state index in [2.05, 4.69) is 9.97 Å². The Kier molecular flexibility index (Phi) is 3.37. The highest BCUT2D eigenvalue weighted by molar-refractivity contribution is 5.08. The van der Waals surface area contributed by atoms with Crippen molar-refractivity contribution in [2.24, 2.45) is 11.7 Å². The quantitative estimate of drug-likeness (QED) is 0.814. The van der Waals surface area contributed by atoms with Gasteiger partial charge < -0.3 is 10.7 Å². The Balaban J connectivity index is 3.24. The van der Waals surface area contributed by atoms with E-state index in [1.54, 1.807) is 13.8 Å². The van der Waals surface area contributed by atoms with Crippen molar-refractivity contribution in [1.29, 1.82) is 0 Å². The van der Waals surface area contributed by atoms with Crippen molar-refractivity contribution in [3.05, 3.63) is 27.9 Å². The van der Waals surface area contributed by atoms with Crippen LogP contribution in [0, 0.1) is 5.92 Å². The molecule has 3 N–H and O–H groups in total. The largest absolute Gasteiger partial charge is 0.433 e. The highest BCUT2D eigenvalue weighted by Gasteiger charge is 2.34. The molecule has 1 unspecified atom stereocenters. The summed E-state index contributed by atoms with van der Waals surface area (Å²) in [6.45, 7) is 3.45. The molecule has 90 valence electrons. The molecule has 1 aromatic rings. The lowest BCUT2D eigenvalue weighted by molar-refractivity contribution is -0.141. The first-order chi connectivity index (χ1) is 7.21. The van der Waals surface area contributed by atoms with Crippen molar-refractivity contribution in [2.75, 3.05) is 0 Å². The van der Waals surface area contributed by atoms with Crippen LogP contribution in [0.1, 0.15) is 31.4 Å².